The first kappa shape index (κ1) is 14.1. The third-order valence-electron chi connectivity index (χ3n) is 3.03. The maximum atomic E-state index is 12.0. The molecule has 0 fully saturated rings. The van der Waals surface area contributed by atoms with Crippen LogP contribution in [0.3, 0.4) is 0 Å². The van der Waals surface area contributed by atoms with E-state index in [1.54, 1.807) is 25.0 Å². The van der Waals surface area contributed by atoms with Crippen LogP contribution >= 0.6 is 0 Å². The van der Waals surface area contributed by atoms with Gasteiger partial charge in [-0.25, -0.2) is 4.79 Å². The maximum absolute atomic E-state index is 12.0. The number of esters is 1. The molecule has 1 heterocycles. The number of carbonyl (C=O) groups excluding carboxylic acids is 1. The zero-order valence-electron chi connectivity index (χ0n) is 11.9. The number of benzene rings is 1. The first-order chi connectivity index (χ1) is 9.63. The van der Waals surface area contributed by atoms with Crippen LogP contribution in [0.2, 0.25) is 0 Å². The molecule has 0 aliphatic heterocycles. The predicted molar refractivity (Wildman–Crippen MR) is 74.6 cm³/mol. The Balaban J connectivity index is 2.14. The van der Waals surface area contributed by atoms with E-state index in [1.807, 2.05) is 31.2 Å². The second-order valence-electron chi connectivity index (χ2n) is 4.48. The van der Waals surface area contributed by atoms with Crippen molar-refractivity contribution in [3.63, 3.8) is 0 Å². The molecule has 2 rings (SSSR count). The Hall–Kier alpha value is -2.30. The molecular formula is C15H18N2O3. The summed E-state index contributed by atoms with van der Waals surface area (Å²) in [5.74, 6) is 0.381. The molecule has 5 nitrogen and oxygen atoms in total. The van der Waals surface area contributed by atoms with E-state index in [-0.39, 0.29) is 12.1 Å². The number of ether oxygens (including phenoxy) is 2. The molecule has 0 bridgehead atoms. The fraction of sp³-hybridized carbons (Fsp3) is 0.333. The molecular weight excluding hydrogens is 256 g/mol. The van der Waals surface area contributed by atoms with Gasteiger partial charge in [-0.2, -0.15) is 5.10 Å². The minimum Gasteiger partial charge on any atom is -0.497 e. The molecule has 0 saturated carbocycles. The second-order valence-corrected chi connectivity index (χ2v) is 4.48. The van der Waals surface area contributed by atoms with E-state index >= 15 is 0 Å². The molecule has 106 valence electrons. The van der Waals surface area contributed by atoms with Crippen LogP contribution in [0, 0.1) is 0 Å². The Labute approximate surface area is 118 Å². The van der Waals surface area contributed by atoms with Crippen LogP contribution < -0.4 is 4.74 Å². The van der Waals surface area contributed by atoms with Gasteiger partial charge in [-0.3, -0.25) is 4.68 Å². The SMILES string of the molecule is CC[C@H](OC(=O)c1cnn(C)c1)c1cccc(OC)c1. The Morgan fingerprint density at radius 2 is 2.25 bits per heavy atom. The van der Waals surface area contributed by atoms with E-state index in [9.17, 15) is 4.79 Å². The van der Waals surface area contributed by atoms with Gasteiger partial charge in [0.15, 0.2) is 0 Å². The molecule has 0 aliphatic carbocycles. The third-order valence-corrected chi connectivity index (χ3v) is 3.03. The summed E-state index contributed by atoms with van der Waals surface area (Å²) in [6, 6.07) is 7.55. The fourth-order valence-electron chi connectivity index (χ4n) is 1.95. The number of rotatable bonds is 5. The highest BCUT2D eigenvalue weighted by atomic mass is 16.5. The number of hydrogen-bond acceptors (Lipinski definition) is 4. The zero-order chi connectivity index (χ0) is 14.5. The van der Waals surface area contributed by atoms with Gasteiger partial charge in [0.1, 0.15) is 11.9 Å². The largest absolute Gasteiger partial charge is 0.497 e. The summed E-state index contributed by atoms with van der Waals surface area (Å²) in [5.41, 5.74) is 1.37. The lowest BCUT2D eigenvalue weighted by atomic mass is 10.1. The highest BCUT2D eigenvalue weighted by Crippen LogP contribution is 2.25. The molecule has 1 aromatic heterocycles. The van der Waals surface area contributed by atoms with Gasteiger partial charge < -0.3 is 9.47 Å². The highest BCUT2D eigenvalue weighted by molar-refractivity contribution is 5.88. The second kappa shape index (κ2) is 6.23. The van der Waals surface area contributed by atoms with Gasteiger partial charge in [0, 0.05) is 13.2 Å². The van der Waals surface area contributed by atoms with Crippen LogP contribution in [-0.2, 0) is 11.8 Å². The monoisotopic (exact) mass is 274 g/mol. The van der Waals surface area contributed by atoms with E-state index in [2.05, 4.69) is 5.10 Å². The van der Waals surface area contributed by atoms with Gasteiger partial charge in [-0.15, -0.1) is 0 Å². The van der Waals surface area contributed by atoms with E-state index in [1.165, 1.54) is 6.20 Å². The van der Waals surface area contributed by atoms with E-state index in [0.717, 1.165) is 11.3 Å². The van der Waals surface area contributed by atoms with Crippen LogP contribution in [-0.4, -0.2) is 22.9 Å². The van der Waals surface area contributed by atoms with E-state index in [0.29, 0.717) is 12.0 Å². The minimum absolute atomic E-state index is 0.294. The summed E-state index contributed by atoms with van der Waals surface area (Å²) >= 11 is 0. The molecule has 0 N–H and O–H groups in total. The van der Waals surface area contributed by atoms with Gasteiger partial charge in [-0.1, -0.05) is 19.1 Å². The van der Waals surface area contributed by atoms with Crippen molar-refractivity contribution in [2.24, 2.45) is 7.05 Å². The average molecular weight is 274 g/mol. The van der Waals surface area contributed by atoms with Crippen LogP contribution in [0.1, 0.15) is 35.4 Å². The Morgan fingerprint density at radius 3 is 2.85 bits per heavy atom. The highest BCUT2D eigenvalue weighted by Gasteiger charge is 2.17. The topological polar surface area (TPSA) is 53.3 Å². The molecule has 20 heavy (non-hydrogen) atoms. The number of nitrogens with zero attached hydrogens (tertiary/aromatic N) is 2. The van der Waals surface area contributed by atoms with Gasteiger partial charge in [-0.05, 0) is 24.1 Å². The van der Waals surface area contributed by atoms with Crippen molar-refractivity contribution in [3.8, 4) is 5.75 Å². The Bertz CT molecular complexity index is 592. The summed E-state index contributed by atoms with van der Waals surface area (Å²) in [6.07, 6.45) is 3.54. The van der Waals surface area contributed by atoms with Crippen LogP contribution in [0.25, 0.3) is 0 Å². The molecule has 5 heteroatoms. The summed E-state index contributed by atoms with van der Waals surface area (Å²) < 4.78 is 12.3. The van der Waals surface area contributed by atoms with Crippen LogP contribution in [0.5, 0.6) is 5.75 Å². The fourth-order valence-corrected chi connectivity index (χ4v) is 1.95. The summed E-state index contributed by atoms with van der Waals surface area (Å²) in [4.78, 5) is 12.0. The number of methoxy groups -OCH3 is 1. The van der Waals surface area contributed by atoms with Gasteiger partial charge in [0.25, 0.3) is 0 Å². The van der Waals surface area contributed by atoms with Crippen molar-refractivity contribution >= 4 is 5.97 Å². The normalized spacial score (nSPS) is 11.9. The summed E-state index contributed by atoms with van der Waals surface area (Å²) in [5, 5.41) is 3.97. The zero-order valence-corrected chi connectivity index (χ0v) is 11.9. The Morgan fingerprint density at radius 1 is 1.45 bits per heavy atom. The molecule has 1 aromatic carbocycles. The molecule has 0 unspecified atom stereocenters. The maximum Gasteiger partial charge on any atom is 0.341 e. The summed E-state index contributed by atoms with van der Waals surface area (Å²) in [6.45, 7) is 1.97. The molecule has 0 amide bonds. The van der Waals surface area contributed by atoms with Crippen molar-refractivity contribution < 1.29 is 14.3 Å². The molecule has 0 aliphatic rings. The quantitative estimate of drug-likeness (QED) is 0.787. The third kappa shape index (κ3) is 3.17. The average Bonchev–Trinajstić information content (AvgIpc) is 2.91. The van der Waals surface area contributed by atoms with Crippen LogP contribution in [0.4, 0.5) is 0 Å². The summed E-state index contributed by atoms with van der Waals surface area (Å²) in [7, 11) is 3.37. The van der Waals surface area contributed by atoms with Crippen molar-refractivity contribution in [1.29, 1.82) is 0 Å². The molecule has 0 spiro atoms. The lowest BCUT2D eigenvalue weighted by Gasteiger charge is -2.16. The number of aromatic nitrogens is 2. The number of carbonyl (C=O) groups is 1. The first-order valence-corrected chi connectivity index (χ1v) is 6.47. The van der Waals surface area contributed by atoms with Crippen molar-refractivity contribution in [3.05, 3.63) is 47.8 Å². The smallest absolute Gasteiger partial charge is 0.341 e. The first-order valence-electron chi connectivity index (χ1n) is 6.47. The molecule has 0 radical (unpaired) electrons. The lowest BCUT2D eigenvalue weighted by Crippen LogP contribution is -2.10. The van der Waals surface area contributed by atoms with Gasteiger partial charge in [0.05, 0.1) is 18.9 Å². The van der Waals surface area contributed by atoms with Crippen molar-refractivity contribution in [2.75, 3.05) is 7.11 Å². The van der Waals surface area contributed by atoms with E-state index in [4.69, 9.17) is 9.47 Å². The van der Waals surface area contributed by atoms with E-state index < -0.39 is 0 Å². The minimum atomic E-state index is -0.368. The number of hydrogen-bond donors (Lipinski definition) is 0. The van der Waals surface area contributed by atoms with Crippen molar-refractivity contribution in [1.82, 2.24) is 9.78 Å². The van der Waals surface area contributed by atoms with Gasteiger partial charge >= 0.3 is 5.97 Å². The lowest BCUT2D eigenvalue weighted by molar-refractivity contribution is 0.0287. The molecule has 2 aromatic rings. The standard InChI is InChI=1S/C15H18N2O3/c1-4-14(11-6-5-7-13(8-11)19-3)20-15(18)12-9-16-17(2)10-12/h5-10,14H,4H2,1-3H3/t14-/m0/s1. The molecule has 1 atom stereocenters. The van der Waals surface area contributed by atoms with Crippen LogP contribution in [0.15, 0.2) is 36.7 Å². The Kier molecular flexibility index (Phi) is 4.40. The van der Waals surface area contributed by atoms with Crippen molar-refractivity contribution in [2.45, 2.75) is 19.4 Å². The predicted octanol–water partition coefficient (Wildman–Crippen LogP) is 2.74. The van der Waals surface area contributed by atoms with Gasteiger partial charge in [0.2, 0.25) is 0 Å². The molecule has 0 saturated heterocycles. The number of aryl methyl sites for hydroxylation is 1.